The zero-order valence-corrected chi connectivity index (χ0v) is 10.2. The lowest BCUT2D eigenvalue weighted by Crippen LogP contribution is -2.48. The molecule has 0 aromatic rings. The van der Waals surface area contributed by atoms with Gasteiger partial charge in [0, 0.05) is 26.2 Å². The molecule has 1 aliphatic rings. The molecule has 0 bridgehead atoms. The number of methoxy groups -OCH3 is 1. The van der Waals surface area contributed by atoms with Gasteiger partial charge in [-0.3, -0.25) is 4.90 Å². The van der Waals surface area contributed by atoms with E-state index in [1.165, 1.54) is 14.0 Å². The molecule has 1 heterocycles. The van der Waals surface area contributed by atoms with Crippen LogP contribution in [-0.2, 0) is 14.3 Å². The van der Waals surface area contributed by atoms with Crippen molar-refractivity contribution in [2.24, 2.45) is 0 Å². The molecule has 94 valence electrons. The first-order chi connectivity index (χ1) is 7.45. The molecule has 0 spiro atoms. The van der Waals surface area contributed by atoms with E-state index in [0.29, 0.717) is 0 Å². The number of nitrogens with zero attached hydrogens (tertiary/aromatic N) is 1. The quantitative estimate of drug-likeness (QED) is 0.694. The largest absolute Gasteiger partial charge is 0.467 e. The van der Waals surface area contributed by atoms with Gasteiger partial charge in [0.25, 0.3) is 0 Å². The number of hydrogen-bond acceptors (Lipinski definition) is 5. The fourth-order valence-electron chi connectivity index (χ4n) is 1.94. The van der Waals surface area contributed by atoms with Gasteiger partial charge in [-0.05, 0) is 20.3 Å². The number of esters is 1. The van der Waals surface area contributed by atoms with E-state index in [4.69, 9.17) is 4.74 Å². The fraction of sp³-hybridized carbons (Fsp3) is 0.909. The highest BCUT2D eigenvalue weighted by atomic mass is 16.5. The molecule has 1 rings (SSSR count). The van der Waals surface area contributed by atoms with Crippen LogP contribution in [0.1, 0.15) is 20.3 Å². The van der Waals surface area contributed by atoms with Crippen molar-refractivity contribution in [3.05, 3.63) is 0 Å². The highest BCUT2D eigenvalue weighted by Crippen LogP contribution is 2.12. The second kappa shape index (κ2) is 5.61. The summed E-state index contributed by atoms with van der Waals surface area (Å²) >= 11 is 0. The Kier molecular flexibility index (Phi) is 4.70. The van der Waals surface area contributed by atoms with Gasteiger partial charge in [-0.25, -0.2) is 4.79 Å². The predicted octanol–water partition coefficient (Wildman–Crippen LogP) is 0.0212. The van der Waals surface area contributed by atoms with Crippen molar-refractivity contribution in [3.8, 4) is 0 Å². The van der Waals surface area contributed by atoms with E-state index in [0.717, 1.165) is 26.1 Å². The molecule has 1 fully saturated rings. The number of aliphatic hydroxyl groups is 1. The lowest BCUT2D eigenvalue weighted by Gasteiger charge is -2.29. The van der Waals surface area contributed by atoms with E-state index in [2.05, 4.69) is 4.74 Å². The molecule has 1 N–H and O–H groups in total. The molecule has 2 atom stereocenters. The molecular weight excluding hydrogens is 210 g/mol. The van der Waals surface area contributed by atoms with E-state index in [-0.39, 0.29) is 12.6 Å². The Balaban J connectivity index is 2.54. The molecule has 0 aromatic heterocycles. The van der Waals surface area contributed by atoms with E-state index >= 15 is 0 Å². The predicted molar refractivity (Wildman–Crippen MR) is 59.1 cm³/mol. The van der Waals surface area contributed by atoms with Crippen LogP contribution in [0.2, 0.25) is 0 Å². The average Bonchev–Trinajstić information content (AvgIpc) is 2.40. The van der Waals surface area contributed by atoms with Crippen LogP contribution in [0.15, 0.2) is 0 Å². The number of ether oxygens (including phenoxy) is 2. The summed E-state index contributed by atoms with van der Waals surface area (Å²) in [6, 6.07) is 0. The van der Waals surface area contributed by atoms with Gasteiger partial charge in [0.1, 0.15) is 0 Å². The second-order valence-electron chi connectivity index (χ2n) is 4.54. The van der Waals surface area contributed by atoms with Crippen LogP contribution in [0.5, 0.6) is 0 Å². The molecule has 2 unspecified atom stereocenters. The number of rotatable bonds is 3. The van der Waals surface area contributed by atoms with E-state index in [9.17, 15) is 9.90 Å². The Bertz CT molecular complexity index is 242. The molecule has 5 heteroatoms. The summed E-state index contributed by atoms with van der Waals surface area (Å²) in [7, 11) is 1.28. The van der Waals surface area contributed by atoms with Crippen LogP contribution in [0.25, 0.3) is 0 Å². The second-order valence-corrected chi connectivity index (χ2v) is 4.54. The minimum Gasteiger partial charge on any atom is -0.467 e. The molecule has 1 aliphatic heterocycles. The lowest BCUT2D eigenvalue weighted by atomic mass is 10.1. The van der Waals surface area contributed by atoms with Gasteiger partial charge in [-0.1, -0.05) is 0 Å². The summed E-state index contributed by atoms with van der Waals surface area (Å²) in [6.07, 6.45) is 1.05. The minimum absolute atomic E-state index is 0.135. The summed E-state index contributed by atoms with van der Waals surface area (Å²) in [6.45, 7) is 6.05. The SMILES string of the molecule is COC(=O)C(C)(O)CN1CCCOC(C)C1. The van der Waals surface area contributed by atoms with Crippen LogP contribution in [0.3, 0.4) is 0 Å². The van der Waals surface area contributed by atoms with Crippen LogP contribution in [-0.4, -0.2) is 61.0 Å². The maximum Gasteiger partial charge on any atom is 0.338 e. The summed E-state index contributed by atoms with van der Waals surface area (Å²) < 4.78 is 10.1. The van der Waals surface area contributed by atoms with Crippen molar-refractivity contribution in [2.75, 3.05) is 33.4 Å². The maximum absolute atomic E-state index is 11.3. The Morgan fingerprint density at radius 2 is 2.38 bits per heavy atom. The minimum atomic E-state index is -1.45. The van der Waals surface area contributed by atoms with Gasteiger partial charge in [0.05, 0.1) is 13.2 Å². The normalized spacial score (nSPS) is 26.9. The van der Waals surface area contributed by atoms with Gasteiger partial charge in [-0.2, -0.15) is 0 Å². The topological polar surface area (TPSA) is 59.0 Å². The van der Waals surface area contributed by atoms with Crippen molar-refractivity contribution in [1.82, 2.24) is 4.90 Å². The Morgan fingerprint density at radius 1 is 1.69 bits per heavy atom. The van der Waals surface area contributed by atoms with Gasteiger partial charge in [0.15, 0.2) is 5.60 Å². The molecule has 1 saturated heterocycles. The van der Waals surface area contributed by atoms with Crippen molar-refractivity contribution < 1.29 is 19.4 Å². The average molecular weight is 231 g/mol. The zero-order chi connectivity index (χ0) is 12.2. The summed E-state index contributed by atoms with van der Waals surface area (Å²) in [4.78, 5) is 13.4. The molecule has 16 heavy (non-hydrogen) atoms. The third-order valence-electron chi connectivity index (χ3n) is 2.69. The van der Waals surface area contributed by atoms with Gasteiger partial charge in [0.2, 0.25) is 0 Å². The van der Waals surface area contributed by atoms with Gasteiger partial charge in [-0.15, -0.1) is 0 Å². The zero-order valence-electron chi connectivity index (χ0n) is 10.2. The highest BCUT2D eigenvalue weighted by Gasteiger charge is 2.34. The third kappa shape index (κ3) is 3.73. The Labute approximate surface area is 96.3 Å². The van der Waals surface area contributed by atoms with Crippen molar-refractivity contribution in [3.63, 3.8) is 0 Å². The first-order valence-electron chi connectivity index (χ1n) is 5.60. The summed E-state index contributed by atoms with van der Waals surface area (Å²) in [5, 5.41) is 9.96. The maximum atomic E-state index is 11.3. The number of β-amino-alcohol motifs (C(OH)–C–C–N with tert-alkyl or cyclic N) is 1. The number of carbonyl (C=O) groups is 1. The molecule has 0 aromatic carbocycles. The van der Waals surface area contributed by atoms with Crippen molar-refractivity contribution in [2.45, 2.75) is 32.0 Å². The fourth-order valence-corrected chi connectivity index (χ4v) is 1.94. The molecule has 0 radical (unpaired) electrons. The van der Waals surface area contributed by atoms with Crippen molar-refractivity contribution >= 4 is 5.97 Å². The standard InChI is InChI=1S/C11H21NO4/c1-9-7-12(5-4-6-16-9)8-11(2,14)10(13)15-3/h9,14H,4-8H2,1-3H3. The monoisotopic (exact) mass is 231 g/mol. The van der Waals surface area contributed by atoms with Crippen LogP contribution in [0, 0.1) is 0 Å². The van der Waals surface area contributed by atoms with Gasteiger partial charge >= 0.3 is 5.97 Å². The van der Waals surface area contributed by atoms with Crippen LogP contribution >= 0.6 is 0 Å². The molecular formula is C11H21NO4. The first kappa shape index (κ1) is 13.4. The summed E-state index contributed by atoms with van der Waals surface area (Å²) in [5.41, 5.74) is -1.45. The first-order valence-corrected chi connectivity index (χ1v) is 5.60. The van der Waals surface area contributed by atoms with Crippen molar-refractivity contribution in [1.29, 1.82) is 0 Å². The molecule has 0 aliphatic carbocycles. The van der Waals surface area contributed by atoms with E-state index < -0.39 is 11.6 Å². The highest BCUT2D eigenvalue weighted by molar-refractivity contribution is 5.78. The number of hydrogen-bond donors (Lipinski definition) is 1. The molecule has 0 amide bonds. The molecule has 5 nitrogen and oxygen atoms in total. The third-order valence-corrected chi connectivity index (χ3v) is 2.69. The van der Waals surface area contributed by atoms with Crippen LogP contribution in [0.4, 0.5) is 0 Å². The Morgan fingerprint density at radius 3 is 3.00 bits per heavy atom. The number of carbonyl (C=O) groups excluding carboxylic acids is 1. The smallest absolute Gasteiger partial charge is 0.338 e. The van der Waals surface area contributed by atoms with Gasteiger partial charge < -0.3 is 14.6 Å². The lowest BCUT2D eigenvalue weighted by molar-refractivity contribution is -0.162. The van der Waals surface area contributed by atoms with E-state index in [1.54, 1.807) is 0 Å². The van der Waals surface area contributed by atoms with Crippen LogP contribution < -0.4 is 0 Å². The summed E-state index contributed by atoms with van der Waals surface area (Å²) in [5.74, 6) is -0.592. The molecule has 0 saturated carbocycles. The van der Waals surface area contributed by atoms with E-state index in [1.807, 2.05) is 11.8 Å². The Hall–Kier alpha value is -0.650.